The molecule has 1 aromatic carbocycles. The first-order chi connectivity index (χ1) is 9.60. The number of hydrogen-bond donors (Lipinski definition) is 1. The quantitative estimate of drug-likeness (QED) is 0.757. The zero-order valence-corrected chi connectivity index (χ0v) is 12.5. The molecule has 3 rings (SSSR count). The molecule has 3 nitrogen and oxygen atoms in total. The van der Waals surface area contributed by atoms with Gasteiger partial charge in [0.15, 0.2) is 0 Å². The van der Waals surface area contributed by atoms with Crippen molar-refractivity contribution in [2.45, 2.75) is 6.54 Å². The second-order valence-electron chi connectivity index (χ2n) is 4.32. The van der Waals surface area contributed by atoms with Crippen molar-refractivity contribution >= 4 is 40.4 Å². The summed E-state index contributed by atoms with van der Waals surface area (Å²) in [6.07, 6.45) is 1.80. The van der Waals surface area contributed by atoms with E-state index in [1.165, 1.54) is 0 Å². The summed E-state index contributed by atoms with van der Waals surface area (Å²) >= 11 is 18.0. The minimum Gasteiger partial charge on any atom is -0.325 e. The molecule has 0 unspecified atom stereocenters. The lowest BCUT2D eigenvalue weighted by molar-refractivity contribution is 0.962. The molecule has 2 aromatic heterocycles. The Hall–Kier alpha value is -1.26. The third kappa shape index (κ3) is 2.27. The Balaban J connectivity index is 2.27. The molecular weight excluding hydrogens is 317 g/mol. The Morgan fingerprint density at radius 3 is 2.55 bits per heavy atom. The lowest BCUT2D eigenvalue weighted by atomic mass is 10.1. The average molecular weight is 327 g/mol. The molecule has 102 valence electrons. The van der Waals surface area contributed by atoms with Gasteiger partial charge in [0.2, 0.25) is 0 Å². The third-order valence-corrected chi connectivity index (χ3v) is 4.03. The van der Waals surface area contributed by atoms with Crippen molar-refractivity contribution in [3.8, 4) is 11.3 Å². The van der Waals surface area contributed by atoms with Crippen molar-refractivity contribution in [1.82, 2.24) is 9.38 Å². The summed E-state index contributed by atoms with van der Waals surface area (Å²) in [5.41, 5.74) is 9.18. The first-order valence-corrected chi connectivity index (χ1v) is 7.05. The van der Waals surface area contributed by atoms with Crippen molar-refractivity contribution in [2.75, 3.05) is 0 Å². The van der Waals surface area contributed by atoms with Crippen LogP contribution in [0.4, 0.5) is 0 Å². The van der Waals surface area contributed by atoms with Crippen LogP contribution in [0.2, 0.25) is 15.1 Å². The van der Waals surface area contributed by atoms with Gasteiger partial charge in [0.05, 0.1) is 26.5 Å². The fourth-order valence-electron chi connectivity index (χ4n) is 2.14. The Labute approximate surface area is 130 Å². The highest BCUT2D eigenvalue weighted by atomic mass is 35.5. The minimum absolute atomic E-state index is 0.344. The van der Waals surface area contributed by atoms with Crippen LogP contribution in [0.5, 0.6) is 0 Å². The molecular formula is C14H10Cl3N3. The van der Waals surface area contributed by atoms with Crippen LogP contribution < -0.4 is 5.73 Å². The van der Waals surface area contributed by atoms with Crippen molar-refractivity contribution in [2.24, 2.45) is 5.73 Å². The van der Waals surface area contributed by atoms with E-state index in [1.807, 2.05) is 16.5 Å². The SMILES string of the molecule is NCc1c(-c2ccc(Cl)c(Cl)c2)nc2ccc(Cl)cn12. The van der Waals surface area contributed by atoms with Gasteiger partial charge >= 0.3 is 0 Å². The molecule has 0 bridgehead atoms. The van der Waals surface area contributed by atoms with Crippen LogP contribution in [0.15, 0.2) is 36.5 Å². The molecule has 20 heavy (non-hydrogen) atoms. The molecule has 0 radical (unpaired) electrons. The van der Waals surface area contributed by atoms with Gasteiger partial charge in [0.1, 0.15) is 5.65 Å². The van der Waals surface area contributed by atoms with Gasteiger partial charge in [-0.25, -0.2) is 4.98 Å². The van der Waals surface area contributed by atoms with E-state index < -0.39 is 0 Å². The molecule has 2 N–H and O–H groups in total. The summed E-state index contributed by atoms with van der Waals surface area (Å²) in [5, 5.41) is 1.63. The molecule has 2 heterocycles. The zero-order chi connectivity index (χ0) is 14.3. The number of hydrogen-bond acceptors (Lipinski definition) is 2. The van der Waals surface area contributed by atoms with Crippen LogP contribution in [-0.2, 0) is 6.54 Å². The number of pyridine rings is 1. The van der Waals surface area contributed by atoms with E-state index in [0.717, 1.165) is 22.6 Å². The second kappa shape index (κ2) is 5.26. The van der Waals surface area contributed by atoms with Gasteiger partial charge in [0.25, 0.3) is 0 Å². The van der Waals surface area contributed by atoms with Gasteiger partial charge in [0, 0.05) is 18.3 Å². The molecule has 0 spiro atoms. The fourth-order valence-corrected chi connectivity index (χ4v) is 2.60. The minimum atomic E-state index is 0.344. The maximum Gasteiger partial charge on any atom is 0.137 e. The molecule has 0 amide bonds. The number of benzene rings is 1. The summed E-state index contributed by atoms with van der Waals surface area (Å²) in [7, 11) is 0. The second-order valence-corrected chi connectivity index (χ2v) is 5.57. The van der Waals surface area contributed by atoms with Crippen molar-refractivity contribution in [3.05, 3.63) is 57.3 Å². The highest BCUT2D eigenvalue weighted by Crippen LogP contribution is 2.30. The normalized spacial score (nSPS) is 11.2. The van der Waals surface area contributed by atoms with E-state index in [-0.39, 0.29) is 0 Å². The third-order valence-electron chi connectivity index (χ3n) is 3.07. The van der Waals surface area contributed by atoms with E-state index in [2.05, 4.69) is 4.98 Å². The van der Waals surface area contributed by atoms with Crippen LogP contribution in [0, 0.1) is 0 Å². The van der Waals surface area contributed by atoms with Crippen molar-refractivity contribution in [3.63, 3.8) is 0 Å². The monoisotopic (exact) mass is 325 g/mol. The van der Waals surface area contributed by atoms with Gasteiger partial charge in [-0.05, 0) is 24.3 Å². The number of nitrogens with two attached hydrogens (primary N) is 1. The van der Waals surface area contributed by atoms with Gasteiger partial charge in [-0.1, -0.05) is 40.9 Å². The van der Waals surface area contributed by atoms with E-state index in [0.29, 0.717) is 21.6 Å². The molecule has 6 heteroatoms. The van der Waals surface area contributed by atoms with Crippen molar-refractivity contribution in [1.29, 1.82) is 0 Å². The first kappa shape index (κ1) is 13.7. The number of nitrogens with zero attached hydrogens (tertiary/aromatic N) is 2. The predicted molar refractivity (Wildman–Crippen MR) is 83.5 cm³/mol. The molecule has 0 fully saturated rings. The summed E-state index contributed by atoms with van der Waals surface area (Å²) < 4.78 is 1.89. The van der Waals surface area contributed by atoms with Crippen LogP contribution in [0.25, 0.3) is 16.9 Å². The van der Waals surface area contributed by atoms with E-state index in [1.54, 1.807) is 24.4 Å². The van der Waals surface area contributed by atoms with E-state index >= 15 is 0 Å². The topological polar surface area (TPSA) is 43.3 Å². The maximum absolute atomic E-state index is 6.06. The van der Waals surface area contributed by atoms with Crippen LogP contribution >= 0.6 is 34.8 Å². The molecule has 0 aliphatic rings. The van der Waals surface area contributed by atoms with Crippen LogP contribution in [0.1, 0.15) is 5.69 Å². The van der Waals surface area contributed by atoms with Crippen molar-refractivity contribution < 1.29 is 0 Å². The van der Waals surface area contributed by atoms with Gasteiger partial charge < -0.3 is 10.1 Å². The molecule has 0 saturated heterocycles. The lowest BCUT2D eigenvalue weighted by Gasteiger charge is -2.04. The first-order valence-electron chi connectivity index (χ1n) is 5.92. The summed E-state index contributed by atoms with van der Waals surface area (Å²) in [6, 6.07) is 9.05. The van der Waals surface area contributed by atoms with Crippen LogP contribution in [0.3, 0.4) is 0 Å². The Morgan fingerprint density at radius 1 is 1.05 bits per heavy atom. The summed E-state index contributed by atoms with van der Waals surface area (Å²) in [5.74, 6) is 0. The number of halogens is 3. The molecule has 0 aliphatic carbocycles. The molecule has 3 aromatic rings. The zero-order valence-electron chi connectivity index (χ0n) is 10.3. The summed E-state index contributed by atoms with van der Waals surface area (Å²) in [6.45, 7) is 0.344. The average Bonchev–Trinajstić information content (AvgIpc) is 2.79. The molecule has 0 aliphatic heterocycles. The Bertz CT molecular complexity index is 796. The van der Waals surface area contributed by atoms with E-state index in [4.69, 9.17) is 40.5 Å². The number of aromatic nitrogens is 2. The molecule has 0 atom stereocenters. The predicted octanol–water partition coefficient (Wildman–Crippen LogP) is 4.42. The fraction of sp³-hybridized carbons (Fsp3) is 0.0714. The van der Waals surface area contributed by atoms with E-state index in [9.17, 15) is 0 Å². The van der Waals surface area contributed by atoms with Gasteiger partial charge in [-0.2, -0.15) is 0 Å². The number of rotatable bonds is 2. The van der Waals surface area contributed by atoms with Crippen LogP contribution in [-0.4, -0.2) is 9.38 Å². The lowest BCUT2D eigenvalue weighted by Crippen LogP contribution is -2.02. The molecule has 0 saturated carbocycles. The Morgan fingerprint density at radius 2 is 1.85 bits per heavy atom. The summed E-state index contributed by atoms with van der Waals surface area (Å²) in [4.78, 5) is 4.59. The maximum atomic E-state index is 6.06. The Kier molecular flexibility index (Phi) is 3.61. The largest absolute Gasteiger partial charge is 0.325 e. The standard InChI is InChI=1S/C14H10Cl3N3/c15-9-2-4-13-19-14(12(6-18)20(13)7-9)8-1-3-10(16)11(17)5-8/h1-5,7H,6,18H2. The number of imidazole rings is 1. The highest BCUT2D eigenvalue weighted by molar-refractivity contribution is 6.42. The van der Waals surface area contributed by atoms with Gasteiger partial charge in [-0.3, -0.25) is 0 Å². The van der Waals surface area contributed by atoms with Gasteiger partial charge in [-0.15, -0.1) is 0 Å². The smallest absolute Gasteiger partial charge is 0.137 e. The number of fused-ring (bicyclic) bond motifs is 1. The highest BCUT2D eigenvalue weighted by Gasteiger charge is 2.14.